The Labute approximate surface area is 296 Å². The minimum absolute atomic E-state index is 0.588. The van der Waals surface area contributed by atoms with Crippen molar-refractivity contribution >= 4 is 22.7 Å². The smallest absolute Gasteiger partial charge is 0.0649 e. The van der Waals surface area contributed by atoms with Crippen LogP contribution in [0.5, 0.6) is 0 Å². The molecule has 0 N–H and O–H groups in total. The number of anilines is 4. The van der Waals surface area contributed by atoms with E-state index in [1.54, 1.807) is 0 Å². The summed E-state index contributed by atoms with van der Waals surface area (Å²) < 4.78 is 0. The third-order valence-corrected chi connectivity index (χ3v) is 11.8. The summed E-state index contributed by atoms with van der Waals surface area (Å²) in [7, 11) is 17.3. The zero-order chi connectivity index (χ0) is 34.7. The van der Waals surface area contributed by atoms with Crippen LogP contribution in [-0.4, -0.2) is 56.4 Å². The van der Waals surface area contributed by atoms with Gasteiger partial charge in [-0.3, -0.25) is 0 Å². The van der Waals surface area contributed by atoms with Crippen LogP contribution in [0.25, 0.3) is 33.4 Å². The van der Waals surface area contributed by atoms with Gasteiger partial charge in [0, 0.05) is 79.1 Å². The van der Waals surface area contributed by atoms with Gasteiger partial charge in [0.05, 0.1) is 10.8 Å². The van der Waals surface area contributed by atoms with Crippen molar-refractivity contribution in [3.63, 3.8) is 0 Å². The number of hydrogen-bond acceptors (Lipinski definition) is 4. The number of nitrogens with zero attached hydrogens (tertiary/aromatic N) is 4. The van der Waals surface area contributed by atoms with Crippen molar-refractivity contribution in [3.05, 3.63) is 155 Å². The Bertz CT molecular complexity index is 2370. The highest BCUT2D eigenvalue weighted by atomic mass is 15.1. The highest BCUT2D eigenvalue weighted by molar-refractivity contribution is 6.00. The average Bonchev–Trinajstić information content (AvgIpc) is 3.13. The molecule has 4 nitrogen and oxygen atoms in total. The van der Waals surface area contributed by atoms with E-state index in [2.05, 4.69) is 197 Å². The molecule has 0 fully saturated rings. The molecule has 0 aliphatic heterocycles. The van der Waals surface area contributed by atoms with E-state index in [0.717, 1.165) is 0 Å². The monoisotopic (exact) mass is 652 g/mol. The molecule has 0 radical (unpaired) electrons. The molecule has 0 saturated carbocycles. The SMILES string of the molecule is CN(C)c1ccc2c(c1)-c1ccc(N(C)C)cc1C13c4ccccc4-c4ccccc4C21c1cc(N(C)C)ccc1-c1ccc(N(C)C)cc13. The summed E-state index contributed by atoms with van der Waals surface area (Å²) >= 11 is 0. The molecule has 0 saturated heterocycles. The minimum atomic E-state index is -0.592. The number of benzene rings is 6. The van der Waals surface area contributed by atoms with Gasteiger partial charge in [-0.15, -0.1) is 0 Å². The van der Waals surface area contributed by atoms with Gasteiger partial charge in [-0.05, 0) is 115 Å². The molecule has 0 bridgehead atoms. The van der Waals surface area contributed by atoms with E-state index in [9.17, 15) is 0 Å². The fourth-order valence-corrected chi connectivity index (χ4v) is 9.60. The second-order valence-corrected chi connectivity index (χ2v) is 15.1. The summed E-state index contributed by atoms with van der Waals surface area (Å²) in [5.74, 6) is 0. The molecule has 2 unspecified atom stereocenters. The van der Waals surface area contributed by atoms with Crippen molar-refractivity contribution < 1.29 is 0 Å². The van der Waals surface area contributed by atoms with E-state index in [1.165, 1.54) is 89.5 Å². The van der Waals surface area contributed by atoms with Crippen LogP contribution < -0.4 is 19.6 Å². The van der Waals surface area contributed by atoms with E-state index in [0.29, 0.717) is 0 Å². The number of rotatable bonds is 4. The van der Waals surface area contributed by atoms with Gasteiger partial charge in [-0.1, -0.05) is 72.8 Å². The number of hydrogen-bond donors (Lipinski definition) is 0. The van der Waals surface area contributed by atoms with Gasteiger partial charge in [0.15, 0.2) is 0 Å². The molecule has 4 heteroatoms. The predicted octanol–water partition coefficient (Wildman–Crippen LogP) is 9.26. The summed E-state index contributed by atoms with van der Waals surface area (Å²) in [5.41, 5.74) is 19.6. The standard InChI is InChI=1S/C46H44N4/c1-47(2)29-20-24-41-38(25-29)37-23-19-32(50(7)8)28-44(37)46-40-16-12-10-14-34(40)33-13-9-11-15-39(33)45(41,46)42-26-30(48(3)4)17-21-35(42)36-22-18-31(49(5)6)27-43(36)46/h9-28H,1-8H3. The van der Waals surface area contributed by atoms with Crippen molar-refractivity contribution in [2.75, 3.05) is 76.0 Å². The second kappa shape index (κ2) is 10.5. The maximum Gasteiger partial charge on any atom is 0.0649 e. The van der Waals surface area contributed by atoms with E-state index >= 15 is 0 Å². The second-order valence-electron chi connectivity index (χ2n) is 15.1. The lowest BCUT2D eigenvalue weighted by atomic mass is 9.38. The molecule has 3 aliphatic rings. The molecule has 6 aromatic rings. The molecular weight excluding hydrogens is 609 g/mol. The lowest BCUT2D eigenvalue weighted by Crippen LogP contribution is -2.58. The first-order valence-electron chi connectivity index (χ1n) is 17.6. The van der Waals surface area contributed by atoms with E-state index in [-0.39, 0.29) is 0 Å². The fourth-order valence-electron chi connectivity index (χ4n) is 9.60. The largest absolute Gasteiger partial charge is 0.378 e. The van der Waals surface area contributed by atoms with Crippen LogP contribution in [-0.2, 0) is 10.8 Å². The predicted molar refractivity (Wildman–Crippen MR) is 213 cm³/mol. The normalized spacial score (nSPS) is 18.6. The fraction of sp³-hybridized carbons (Fsp3) is 0.217. The summed E-state index contributed by atoms with van der Waals surface area (Å²) in [6.45, 7) is 0. The topological polar surface area (TPSA) is 13.0 Å². The Kier molecular flexibility index (Phi) is 6.43. The third-order valence-electron chi connectivity index (χ3n) is 11.8. The molecule has 0 heterocycles. The first-order chi connectivity index (χ1) is 24.1. The molecule has 9 rings (SSSR count). The molecule has 50 heavy (non-hydrogen) atoms. The van der Waals surface area contributed by atoms with Crippen LogP contribution in [0.15, 0.2) is 121 Å². The molecule has 0 amide bonds. The molecule has 0 aromatic heterocycles. The minimum Gasteiger partial charge on any atom is -0.378 e. The lowest BCUT2D eigenvalue weighted by molar-refractivity contribution is 0.405. The van der Waals surface area contributed by atoms with Crippen molar-refractivity contribution in [2.45, 2.75) is 10.8 Å². The molecule has 248 valence electrons. The van der Waals surface area contributed by atoms with Crippen LogP contribution in [0, 0.1) is 0 Å². The van der Waals surface area contributed by atoms with Gasteiger partial charge >= 0.3 is 0 Å². The molecular formula is C46H44N4. The number of fused-ring (bicyclic) bond motifs is 9. The zero-order valence-corrected chi connectivity index (χ0v) is 30.3. The quantitative estimate of drug-likeness (QED) is 0.188. The van der Waals surface area contributed by atoms with Crippen molar-refractivity contribution in [1.82, 2.24) is 0 Å². The van der Waals surface area contributed by atoms with E-state index < -0.39 is 10.8 Å². The Hall–Kier alpha value is -5.48. The third kappa shape index (κ3) is 3.66. The van der Waals surface area contributed by atoms with Crippen molar-refractivity contribution in [3.8, 4) is 33.4 Å². The summed E-state index contributed by atoms with van der Waals surface area (Å²) in [5, 5.41) is 0. The Morgan fingerprint density at radius 2 is 0.580 bits per heavy atom. The van der Waals surface area contributed by atoms with Gasteiger partial charge in [-0.25, -0.2) is 0 Å². The van der Waals surface area contributed by atoms with Crippen LogP contribution in [0.1, 0.15) is 33.4 Å². The van der Waals surface area contributed by atoms with Crippen molar-refractivity contribution in [1.29, 1.82) is 0 Å². The molecule has 0 spiro atoms. The highest BCUT2D eigenvalue weighted by Gasteiger charge is 2.67. The summed E-state index contributed by atoms with van der Waals surface area (Å²) in [6, 6.07) is 47.3. The first kappa shape index (κ1) is 30.6. The maximum absolute atomic E-state index is 2.51. The van der Waals surface area contributed by atoms with Crippen LogP contribution >= 0.6 is 0 Å². The lowest BCUT2D eigenvalue weighted by Gasteiger charge is -2.62. The van der Waals surface area contributed by atoms with Crippen LogP contribution in [0.2, 0.25) is 0 Å². The zero-order valence-electron chi connectivity index (χ0n) is 30.3. The van der Waals surface area contributed by atoms with Gasteiger partial charge < -0.3 is 19.6 Å². The maximum atomic E-state index is 2.51. The van der Waals surface area contributed by atoms with Crippen LogP contribution in [0.3, 0.4) is 0 Å². The average molecular weight is 653 g/mol. The highest BCUT2D eigenvalue weighted by Crippen LogP contribution is 2.73. The summed E-state index contributed by atoms with van der Waals surface area (Å²) in [6.07, 6.45) is 0. The first-order valence-corrected chi connectivity index (χ1v) is 17.6. The van der Waals surface area contributed by atoms with Gasteiger partial charge in [0.2, 0.25) is 0 Å². The Morgan fingerprint density at radius 3 is 1.00 bits per heavy atom. The van der Waals surface area contributed by atoms with Crippen molar-refractivity contribution in [2.24, 2.45) is 0 Å². The molecule has 2 atom stereocenters. The Morgan fingerprint density at radius 1 is 0.280 bits per heavy atom. The Balaban J connectivity index is 1.63. The van der Waals surface area contributed by atoms with Gasteiger partial charge in [0.1, 0.15) is 0 Å². The van der Waals surface area contributed by atoms with Gasteiger partial charge in [0.25, 0.3) is 0 Å². The van der Waals surface area contributed by atoms with Crippen LogP contribution in [0.4, 0.5) is 22.7 Å². The molecule has 6 aromatic carbocycles. The molecule has 3 aliphatic carbocycles. The van der Waals surface area contributed by atoms with E-state index in [4.69, 9.17) is 0 Å². The summed E-state index contributed by atoms with van der Waals surface area (Å²) in [4.78, 5) is 8.99. The van der Waals surface area contributed by atoms with Gasteiger partial charge in [-0.2, -0.15) is 0 Å². The van der Waals surface area contributed by atoms with E-state index in [1.807, 2.05) is 0 Å².